The summed E-state index contributed by atoms with van der Waals surface area (Å²) in [5, 5.41) is 0. The van der Waals surface area contributed by atoms with Crippen LogP contribution in [0.5, 0.6) is 0 Å². The Labute approximate surface area is 110 Å². The largest absolute Gasteiger partial charge is 0.461 e. The molecule has 0 amide bonds. The van der Waals surface area contributed by atoms with Crippen LogP contribution < -0.4 is 0 Å². The van der Waals surface area contributed by atoms with E-state index in [4.69, 9.17) is 4.74 Å². The third-order valence-electron chi connectivity index (χ3n) is 2.80. The third-order valence-corrected chi connectivity index (χ3v) is 2.80. The Kier molecular flexibility index (Phi) is 6.20. The van der Waals surface area contributed by atoms with Crippen LogP contribution in [0.15, 0.2) is 29.8 Å². The van der Waals surface area contributed by atoms with Crippen LogP contribution in [0.1, 0.15) is 44.7 Å². The molecule has 0 atom stereocenters. The summed E-state index contributed by atoms with van der Waals surface area (Å²) in [5.74, 6) is -0.229. The van der Waals surface area contributed by atoms with Gasteiger partial charge in [0.1, 0.15) is 6.61 Å². The fraction of sp³-hybridized carbons (Fsp3) is 0.438. The predicted molar refractivity (Wildman–Crippen MR) is 75.3 cm³/mol. The highest BCUT2D eigenvalue weighted by molar-refractivity contribution is 5.66. The van der Waals surface area contributed by atoms with Gasteiger partial charge >= 0.3 is 5.97 Å². The molecule has 2 heteroatoms. The van der Waals surface area contributed by atoms with E-state index in [0.717, 1.165) is 18.4 Å². The average molecular weight is 246 g/mol. The van der Waals surface area contributed by atoms with Gasteiger partial charge < -0.3 is 4.74 Å². The molecule has 0 aliphatic heterocycles. The lowest BCUT2D eigenvalue weighted by Crippen LogP contribution is -2.02. The van der Waals surface area contributed by atoms with E-state index in [2.05, 4.69) is 44.2 Å². The van der Waals surface area contributed by atoms with Gasteiger partial charge in [0.15, 0.2) is 0 Å². The molecule has 0 aliphatic rings. The number of benzene rings is 1. The van der Waals surface area contributed by atoms with Crippen molar-refractivity contribution in [3.8, 4) is 0 Å². The minimum Gasteiger partial charge on any atom is -0.461 e. The number of hydrogen-bond donors (Lipinski definition) is 0. The number of carbonyl (C=O) groups excluding carboxylic acids is 1. The molecule has 18 heavy (non-hydrogen) atoms. The minimum atomic E-state index is -0.229. The SMILES string of the molecule is CCCc1ccc(C=C(CC)COC(C)=O)cc1. The molecule has 1 aromatic rings. The van der Waals surface area contributed by atoms with Crippen molar-refractivity contribution >= 4 is 12.0 Å². The highest BCUT2D eigenvalue weighted by Gasteiger charge is 1.99. The van der Waals surface area contributed by atoms with Crippen molar-refractivity contribution < 1.29 is 9.53 Å². The molecule has 0 unspecified atom stereocenters. The smallest absolute Gasteiger partial charge is 0.302 e. The molecule has 0 saturated heterocycles. The Balaban J connectivity index is 2.69. The first-order valence-electron chi connectivity index (χ1n) is 6.57. The zero-order valence-electron chi connectivity index (χ0n) is 11.5. The van der Waals surface area contributed by atoms with Gasteiger partial charge in [0.25, 0.3) is 0 Å². The molecule has 0 spiro atoms. The Hall–Kier alpha value is -1.57. The number of esters is 1. The van der Waals surface area contributed by atoms with Crippen molar-refractivity contribution in [3.05, 3.63) is 41.0 Å². The van der Waals surface area contributed by atoms with Gasteiger partial charge in [-0.3, -0.25) is 4.79 Å². The van der Waals surface area contributed by atoms with Crippen molar-refractivity contribution in [1.29, 1.82) is 0 Å². The summed E-state index contributed by atoms with van der Waals surface area (Å²) in [6, 6.07) is 8.56. The molecule has 2 nitrogen and oxygen atoms in total. The van der Waals surface area contributed by atoms with Gasteiger partial charge in [0.05, 0.1) is 0 Å². The van der Waals surface area contributed by atoms with Crippen LogP contribution in [0.4, 0.5) is 0 Å². The quantitative estimate of drug-likeness (QED) is 0.709. The Bertz CT molecular complexity index is 402. The summed E-state index contributed by atoms with van der Waals surface area (Å²) in [5.41, 5.74) is 3.67. The summed E-state index contributed by atoms with van der Waals surface area (Å²) in [6.45, 7) is 6.08. The fourth-order valence-electron chi connectivity index (χ4n) is 1.75. The van der Waals surface area contributed by atoms with Gasteiger partial charge in [-0.1, -0.05) is 50.6 Å². The van der Waals surface area contributed by atoms with Crippen molar-refractivity contribution in [2.75, 3.05) is 6.61 Å². The number of rotatable bonds is 6. The van der Waals surface area contributed by atoms with Gasteiger partial charge in [-0.15, -0.1) is 0 Å². The maximum absolute atomic E-state index is 10.8. The normalized spacial score (nSPS) is 11.4. The van der Waals surface area contributed by atoms with Gasteiger partial charge in [-0.05, 0) is 29.5 Å². The zero-order chi connectivity index (χ0) is 13.4. The standard InChI is InChI=1S/C16H22O2/c1-4-6-15-7-9-16(10-8-15)11-14(5-2)12-18-13(3)17/h7-11H,4-6,12H2,1-3H3. The zero-order valence-corrected chi connectivity index (χ0v) is 11.5. The Morgan fingerprint density at radius 2 is 1.89 bits per heavy atom. The summed E-state index contributed by atoms with van der Waals surface area (Å²) in [4.78, 5) is 10.8. The molecule has 0 fully saturated rings. The van der Waals surface area contributed by atoms with E-state index in [1.54, 1.807) is 0 Å². The van der Waals surface area contributed by atoms with E-state index in [-0.39, 0.29) is 5.97 Å². The first-order valence-corrected chi connectivity index (χ1v) is 6.57. The second-order valence-electron chi connectivity index (χ2n) is 4.43. The number of ether oxygens (including phenoxy) is 1. The lowest BCUT2D eigenvalue weighted by Gasteiger charge is -2.06. The fourth-order valence-corrected chi connectivity index (χ4v) is 1.75. The van der Waals surface area contributed by atoms with Crippen LogP contribution in [0.2, 0.25) is 0 Å². The van der Waals surface area contributed by atoms with Crippen LogP contribution in [-0.4, -0.2) is 12.6 Å². The van der Waals surface area contributed by atoms with Crippen LogP contribution in [0.3, 0.4) is 0 Å². The van der Waals surface area contributed by atoms with Gasteiger partial charge in [0.2, 0.25) is 0 Å². The predicted octanol–water partition coefficient (Wildman–Crippen LogP) is 4.00. The van der Waals surface area contributed by atoms with E-state index in [1.807, 2.05) is 0 Å². The molecule has 0 radical (unpaired) electrons. The molecule has 0 aromatic heterocycles. The molecule has 98 valence electrons. The highest BCUT2D eigenvalue weighted by atomic mass is 16.5. The number of aryl methyl sites for hydroxylation is 1. The maximum Gasteiger partial charge on any atom is 0.302 e. The second kappa shape index (κ2) is 7.70. The molecule has 0 bridgehead atoms. The molecule has 1 rings (SSSR count). The number of carbonyl (C=O) groups is 1. The summed E-state index contributed by atoms with van der Waals surface area (Å²) >= 11 is 0. The van der Waals surface area contributed by atoms with Crippen LogP contribution in [0.25, 0.3) is 6.08 Å². The van der Waals surface area contributed by atoms with E-state index >= 15 is 0 Å². The Morgan fingerprint density at radius 3 is 2.39 bits per heavy atom. The van der Waals surface area contributed by atoms with E-state index < -0.39 is 0 Å². The first kappa shape index (κ1) is 14.5. The minimum absolute atomic E-state index is 0.229. The molecular weight excluding hydrogens is 224 g/mol. The molecule has 0 N–H and O–H groups in total. The monoisotopic (exact) mass is 246 g/mol. The van der Waals surface area contributed by atoms with Crippen LogP contribution >= 0.6 is 0 Å². The number of hydrogen-bond acceptors (Lipinski definition) is 2. The molecule has 0 saturated carbocycles. The molecule has 0 aliphatic carbocycles. The van der Waals surface area contributed by atoms with Crippen molar-refractivity contribution in [2.45, 2.75) is 40.0 Å². The van der Waals surface area contributed by atoms with E-state index in [1.165, 1.54) is 24.5 Å². The highest BCUT2D eigenvalue weighted by Crippen LogP contribution is 2.12. The maximum atomic E-state index is 10.8. The van der Waals surface area contributed by atoms with Crippen molar-refractivity contribution in [2.24, 2.45) is 0 Å². The summed E-state index contributed by atoms with van der Waals surface area (Å²) in [6.07, 6.45) is 5.28. The lowest BCUT2D eigenvalue weighted by molar-refractivity contribution is -0.139. The van der Waals surface area contributed by atoms with Crippen LogP contribution in [0, 0.1) is 0 Å². The van der Waals surface area contributed by atoms with Crippen LogP contribution in [-0.2, 0) is 16.0 Å². The third kappa shape index (κ3) is 5.17. The molecular formula is C16H22O2. The lowest BCUT2D eigenvalue weighted by atomic mass is 10.1. The van der Waals surface area contributed by atoms with E-state index in [9.17, 15) is 4.79 Å². The molecule has 1 aromatic carbocycles. The van der Waals surface area contributed by atoms with Crippen molar-refractivity contribution in [1.82, 2.24) is 0 Å². The first-order chi connectivity index (χ1) is 8.65. The van der Waals surface area contributed by atoms with Gasteiger partial charge in [0, 0.05) is 6.92 Å². The Morgan fingerprint density at radius 1 is 1.22 bits per heavy atom. The topological polar surface area (TPSA) is 26.3 Å². The summed E-state index contributed by atoms with van der Waals surface area (Å²) < 4.78 is 5.02. The van der Waals surface area contributed by atoms with Crippen molar-refractivity contribution in [3.63, 3.8) is 0 Å². The van der Waals surface area contributed by atoms with Gasteiger partial charge in [-0.2, -0.15) is 0 Å². The molecule has 0 heterocycles. The van der Waals surface area contributed by atoms with E-state index in [0.29, 0.717) is 6.61 Å². The average Bonchev–Trinajstić information content (AvgIpc) is 2.36. The summed E-state index contributed by atoms with van der Waals surface area (Å²) in [7, 11) is 0. The van der Waals surface area contributed by atoms with Gasteiger partial charge in [-0.25, -0.2) is 0 Å². The second-order valence-corrected chi connectivity index (χ2v) is 4.43.